The maximum absolute atomic E-state index is 12.7. The molecule has 1 atom stereocenters. The number of para-hydroxylation sites is 1. The number of piperidine rings is 1. The van der Waals surface area contributed by atoms with Crippen LogP contribution in [0.3, 0.4) is 0 Å². The van der Waals surface area contributed by atoms with Crippen LogP contribution in [0.4, 0.5) is 0 Å². The van der Waals surface area contributed by atoms with E-state index in [0.29, 0.717) is 13.0 Å². The summed E-state index contributed by atoms with van der Waals surface area (Å²) in [4.78, 5) is 30.3. The molecule has 28 heavy (non-hydrogen) atoms. The third kappa shape index (κ3) is 5.37. The average Bonchev–Trinajstić information content (AvgIpc) is 3.15. The molecule has 2 amide bonds. The number of amides is 2. The number of aromatic amines is 1. The number of nitrogens with zero attached hydrogens (tertiary/aromatic N) is 1. The molecule has 0 aliphatic carbocycles. The fraction of sp³-hybridized carbons (Fsp3) is 0.565. The number of hydrogen-bond acceptors (Lipinski definition) is 2. The van der Waals surface area contributed by atoms with Gasteiger partial charge in [-0.2, -0.15) is 0 Å². The quantitative estimate of drug-likeness (QED) is 0.642. The summed E-state index contributed by atoms with van der Waals surface area (Å²) in [6, 6.07) is 8.18. The van der Waals surface area contributed by atoms with Crippen molar-refractivity contribution in [2.24, 2.45) is 5.92 Å². The molecule has 2 heterocycles. The van der Waals surface area contributed by atoms with E-state index in [4.69, 9.17) is 0 Å². The molecule has 3 rings (SSSR count). The van der Waals surface area contributed by atoms with Crippen molar-refractivity contribution in [3.8, 4) is 0 Å². The smallest absolute Gasteiger partial charge is 0.224 e. The molecule has 0 radical (unpaired) electrons. The molecule has 0 bridgehead atoms. The number of hydrogen-bond donors (Lipinski definition) is 2. The van der Waals surface area contributed by atoms with Crippen LogP contribution in [0.25, 0.3) is 10.9 Å². The zero-order chi connectivity index (χ0) is 19.8. The molecule has 2 aromatic rings. The number of aryl methyl sites for hydroxylation is 1. The van der Waals surface area contributed by atoms with Crippen LogP contribution < -0.4 is 5.32 Å². The molecule has 152 valence electrons. The van der Waals surface area contributed by atoms with Crippen LogP contribution in [0.15, 0.2) is 30.5 Å². The zero-order valence-electron chi connectivity index (χ0n) is 17.0. The van der Waals surface area contributed by atoms with Gasteiger partial charge in [-0.15, -0.1) is 0 Å². The highest BCUT2D eigenvalue weighted by Gasteiger charge is 2.28. The number of likely N-dealkylation sites (tertiary alicyclic amines) is 1. The predicted octanol–water partition coefficient (Wildman–Crippen LogP) is 4.04. The fourth-order valence-corrected chi connectivity index (χ4v) is 4.06. The molecule has 1 aromatic carbocycles. The fourth-order valence-electron chi connectivity index (χ4n) is 4.06. The summed E-state index contributed by atoms with van der Waals surface area (Å²) >= 11 is 0. The van der Waals surface area contributed by atoms with Gasteiger partial charge in [0.15, 0.2) is 0 Å². The summed E-state index contributed by atoms with van der Waals surface area (Å²) in [5, 5.41) is 4.25. The monoisotopic (exact) mass is 383 g/mol. The average molecular weight is 384 g/mol. The van der Waals surface area contributed by atoms with E-state index in [1.165, 1.54) is 30.2 Å². The summed E-state index contributed by atoms with van der Waals surface area (Å²) < 4.78 is 0. The second-order valence-electron chi connectivity index (χ2n) is 7.89. The second kappa shape index (κ2) is 10.3. The predicted molar refractivity (Wildman–Crippen MR) is 113 cm³/mol. The van der Waals surface area contributed by atoms with Gasteiger partial charge < -0.3 is 15.2 Å². The van der Waals surface area contributed by atoms with E-state index in [1.54, 1.807) is 0 Å². The van der Waals surface area contributed by atoms with Crippen molar-refractivity contribution in [1.82, 2.24) is 15.2 Å². The normalized spacial score (nSPS) is 17.0. The van der Waals surface area contributed by atoms with E-state index in [-0.39, 0.29) is 17.7 Å². The minimum Gasteiger partial charge on any atom is -0.361 e. The Morgan fingerprint density at radius 3 is 2.93 bits per heavy atom. The van der Waals surface area contributed by atoms with E-state index in [1.807, 2.05) is 23.2 Å². The van der Waals surface area contributed by atoms with Gasteiger partial charge in [-0.05, 0) is 37.3 Å². The Hall–Kier alpha value is -2.30. The highest BCUT2D eigenvalue weighted by molar-refractivity contribution is 5.84. The number of fused-ring (bicyclic) bond motifs is 1. The van der Waals surface area contributed by atoms with E-state index in [9.17, 15) is 9.59 Å². The first kappa shape index (κ1) is 20.4. The first-order valence-electron chi connectivity index (χ1n) is 10.8. The molecule has 2 N–H and O–H groups in total. The zero-order valence-corrected chi connectivity index (χ0v) is 17.0. The number of aromatic nitrogens is 1. The number of nitrogens with one attached hydrogen (secondary N) is 2. The molecule has 5 heteroatoms. The summed E-state index contributed by atoms with van der Waals surface area (Å²) in [6.45, 7) is 4.27. The van der Waals surface area contributed by atoms with Crippen molar-refractivity contribution in [3.05, 3.63) is 36.0 Å². The Labute approximate surface area is 167 Å². The molecule has 1 saturated heterocycles. The van der Waals surface area contributed by atoms with Crippen molar-refractivity contribution in [3.63, 3.8) is 0 Å². The molecule has 1 aliphatic heterocycles. The Bertz CT molecular complexity index is 783. The molecular weight excluding hydrogens is 350 g/mol. The van der Waals surface area contributed by atoms with Crippen LogP contribution in [0.2, 0.25) is 0 Å². The summed E-state index contributed by atoms with van der Waals surface area (Å²) in [5.74, 6) is 0.216. The van der Waals surface area contributed by atoms with Gasteiger partial charge in [0.05, 0.1) is 5.92 Å². The van der Waals surface area contributed by atoms with E-state index in [2.05, 4.69) is 29.4 Å². The van der Waals surface area contributed by atoms with Crippen LogP contribution >= 0.6 is 0 Å². The van der Waals surface area contributed by atoms with Gasteiger partial charge in [-0.25, -0.2) is 0 Å². The highest BCUT2D eigenvalue weighted by Crippen LogP contribution is 2.21. The largest absolute Gasteiger partial charge is 0.361 e. The van der Waals surface area contributed by atoms with Crippen LogP contribution in [0, 0.1) is 5.92 Å². The molecule has 1 aliphatic rings. The second-order valence-corrected chi connectivity index (χ2v) is 7.89. The number of carbonyl (C=O) groups is 2. The van der Waals surface area contributed by atoms with Crippen molar-refractivity contribution in [2.75, 3.05) is 19.6 Å². The van der Waals surface area contributed by atoms with Crippen molar-refractivity contribution in [1.29, 1.82) is 0 Å². The lowest BCUT2D eigenvalue weighted by Crippen LogP contribution is -2.45. The van der Waals surface area contributed by atoms with Gasteiger partial charge >= 0.3 is 0 Å². The topological polar surface area (TPSA) is 65.2 Å². The first-order chi connectivity index (χ1) is 13.7. The Morgan fingerprint density at radius 2 is 2.07 bits per heavy atom. The van der Waals surface area contributed by atoms with Gasteiger partial charge in [0.25, 0.3) is 0 Å². The molecular formula is C23H33N3O2. The van der Waals surface area contributed by atoms with Crippen LogP contribution in [-0.2, 0) is 16.0 Å². The van der Waals surface area contributed by atoms with Gasteiger partial charge in [0.2, 0.25) is 11.8 Å². The highest BCUT2D eigenvalue weighted by atomic mass is 16.2. The Morgan fingerprint density at radius 1 is 1.21 bits per heavy atom. The van der Waals surface area contributed by atoms with Gasteiger partial charge in [0.1, 0.15) is 0 Å². The van der Waals surface area contributed by atoms with Gasteiger partial charge in [0, 0.05) is 43.2 Å². The molecule has 1 aromatic heterocycles. The number of carbonyl (C=O) groups excluding carboxylic acids is 2. The number of H-pyrrole nitrogens is 1. The minimum atomic E-state index is -0.0584. The molecule has 1 unspecified atom stereocenters. The van der Waals surface area contributed by atoms with Gasteiger partial charge in [-0.3, -0.25) is 9.59 Å². The van der Waals surface area contributed by atoms with Crippen molar-refractivity contribution in [2.45, 2.75) is 58.3 Å². The van der Waals surface area contributed by atoms with Crippen LogP contribution in [0.1, 0.15) is 57.4 Å². The summed E-state index contributed by atoms with van der Waals surface area (Å²) in [5.41, 5.74) is 2.29. The standard InChI is InChI=1S/C23H33N3O2/c1-2-3-4-7-14-24-23(28)19-9-8-15-26(17-19)22(27)13-12-18-16-25-21-11-6-5-10-20(18)21/h5-6,10-11,16,19,25H,2-4,7-9,12-15,17H2,1H3,(H,24,28). The minimum absolute atomic E-state index is 0.0584. The van der Waals surface area contributed by atoms with E-state index < -0.39 is 0 Å². The number of unbranched alkanes of at least 4 members (excludes halogenated alkanes) is 3. The lowest BCUT2D eigenvalue weighted by Gasteiger charge is -2.32. The van der Waals surface area contributed by atoms with Crippen molar-refractivity contribution >= 4 is 22.7 Å². The maximum atomic E-state index is 12.7. The van der Waals surface area contributed by atoms with Crippen LogP contribution in [0.5, 0.6) is 0 Å². The van der Waals surface area contributed by atoms with Crippen LogP contribution in [-0.4, -0.2) is 41.3 Å². The molecule has 1 fully saturated rings. The van der Waals surface area contributed by atoms with E-state index in [0.717, 1.165) is 44.3 Å². The number of benzene rings is 1. The lowest BCUT2D eigenvalue weighted by molar-refractivity contribution is -0.135. The van der Waals surface area contributed by atoms with Crippen molar-refractivity contribution < 1.29 is 9.59 Å². The lowest BCUT2D eigenvalue weighted by atomic mass is 9.96. The third-order valence-electron chi connectivity index (χ3n) is 5.76. The molecule has 0 spiro atoms. The van der Waals surface area contributed by atoms with E-state index >= 15 is 0 Å². The molecule has 0 saturated carbocycles. The third-order valence-corrected chi connectivity index (χ3v) is 5.76. The number of rotatable bonds is 9. The molecule has 5 nitrogen and oxygen atoms in total. The summed E-state index contributed by atoms with van der Waals surface area (Å²) in [6.07, 6.45) is 9.65. The Balaban J connectivity index is 1.45. The van der Waals surface area contributed by atoms with Gasteiger partial charge in [-0.1, -0.05) is 44.4 Å². The first-order valence-corrected chi connectivity index (χ1v) is 10.8. The summed E-state index contributed by atoms with van der Waals surface area (Å²) in [7, 11) is 0. The Kier molecular flexibility index (Phi) is 7.52. The SMILES string of the molecule is CCCCCCNC(=O)C1CCCN(C(=O)CCc2c[nH]c3ccccc23)C1. The maximum Gasteiger partial charge on any atom is 0.224 e.